The number of amides is 1. The fraction of sp³-hybridized carbons (Fsp3) is 0.316. The molecule has 27 heavy (non-hydrogen) atoms. The molecule has 1 aliphatic heterocycles. The van der Waals surface area contributed by atoms with Crippen molar-refractivity contribution in [1.82, 2.24) is 4.90 Å². The quantitative estimate of drug-likeness (QED) is 0.847. The maximum atomic E-state index is 12.8. The van der Waals surface area contributed by atoms with Crippen LogP contribution in [0.15, 0.2) is 47.4 Å². The molecule has 7 nitrogen and oxygen atoms in total. The largest absolute Gasteiger partial charge is 0.495 e. The van der Waals surface area contributed by atoms with Gasteiger partial charge in [-0.15, -0.1) is 0 Å². The maximum Gasteiger partial charge on any atom is 0.262 e. The fourth-order valence-corrected chi connectivity index (χ4v) is 3.96. The van der Waals surface area contributed by atoms with E-state index in [1.807, 2.05) is 13.0 Å². The molecule has 0 spiro atoms. The second-order valence-corrected chi connectivity index (χ2v) is 7.92. The Bertz CT molecular complexity index is 937. The molecule has 0 unspecified atom stereocenters. The van der Waals surface area contributed by atoms with Crippen molar-refractivity contribution in [3.8, 4) is 5.75 Å². The number of anilines is 1. The topological polar surface area (TPSA) is 84.9 Å². The fourth-order valence-electron chi connectivity index (χ4n) is 2.85. The zero-order valence-corrected chi connectivity index (χ0v) is 16.1. The van der Waals surface area contributed by atoms with Crippen molar-refractivity contribution in [1.29, 1.82) is 0 Å². The van der Waals surface area contributed by atoms with Gasteiger partial charge >= 0.3 is 0 Å². The van der Waals surface area contributed by atoms with E-state index in [1.165, 1.54) is 19.2 Å². The summed E-state index contributed by atoms with van der Waals surface area (Å²) in [6.07, 6.45) is 0. The molecule has 0 atom stereocenters. The summed E-state index contributed by atoms with van der Waals surface area (Å²) in [7, 11) is -2.40. The Balaban J connectivity index is 1.87. The molecule has 144 valence electrons. The first-order chi connectivity index (χ1) is 12.9. The Morgan fingerprint density at radius 1 is 1.15 bits per heavy atom. The van der Waals surface area contributed by atoms with Crippen molar-refractivity contribution in [2.45, 2.75) is 11.8 Å². The molecule has 3 rings (SSSR count). The van der Waals surface area contributed by atoms with Crippen LogP contribution in [0.2, 0.25) is 0 Å². The molecule has 8 heteroatoms. The lowest BCUT2D eigenvalue weighted by Crippen LogP contribution is -2.40. The molecule has 1 aliphatic rings. The van der Waals surface area contributed by atoms with E-state index in [0.29, 0.717) is 43.3 Å². The smallest absolute Gasteiger partial charge is 0.262 e. The van der Waals surface area contributed by atoms with Crippen molar-refractivity contribution in [2.24, 2.45) is 0 Å². The summed E-state index contributed by atoms with van der Waals surface area (Å²) in [4.78, 5) is 14.3. The summed E-state index contributed by atoms with van der Waals surface area (Å²) in [5, 5.41) is 0. The highest BCUT2D eigenvalue weighted by Crippen LogP contribution is 2.28. The third-order valence-corrected chi connectivity index (χ3v) is 5.65. The molecule has 1 fully saturated rings. The molecule has 2 aromatic carbocycles. The normalized spacial score (nSPS) is 14.7. The van der Waals surface area contributed by atoms with Gasteiger partial charge in [-0.3, -0.25) is 9.52 Å². The number of hydrogen-bond donors (Lipinski definition) is 1. The lowest BCUT2D eigenvalue weighted by atomic mass is 10.2. The number of rotatable bonds is 5. The summed E-state index contributed by atoms with van der Waals surface area (Å²) < 4.78 is 38.7. The van der Waals surface area contributed by atoms with Crippen molar-refractivity contribution in [3.05, 3.63) is 53.6 Å². The number of sulfonamides is 1. The first-order valence-corrected chi connectivity index (χ1v) is 10.0. The van der Waals surface area contributed by atoms with Crippen molar-refractivity contribution in [2.75, 3.05) is 38.1 Å². The van der Waals surface area contributed by atoms with Gasteiger partial charge in [-0.2, -0.15) is 0 Å². The standard InChI is InChI=1S/C19H22N2O5S/c1-14-6-7-18(25-2)17(12-14)20-27(23,24)16-5-3-4-15(13-16)19(22)21-8-10-26-11-9-21/h3-7,12-13,20H,8-11H2,1-2H3. The number of ether oxygens (including phenoxy) is 2. The predicted molar refractivity (Wildman–Crippen MR) is 102 cm³/mol. The molecule has 1 N–H and O–H groups in total. The Hall–Kier alpha value is -2.58. The number of aryl methyl sites for hydroxylation is 1. The van der Waals surface area contributed by atoms with Gasteiger partial charge in [-0.05, 0) is 42.8 Å². The summed E-state index contributed by atoms with van der Waals surface area (Å²) in [6, 6.07) is 11.3. The van der Waals surface area contributed by atoms with Gasteiger partial charge in [-0.1, -0.05) is 12.1 Å². The predicted octanol–water partition coefficient (Wildman–Crippen LogP) is 2.28. The lowest BCUT2D eigenvalue weighted by molar-refractivity contribution is 0.0302. The SMILES string of the molecule is COc1ccc(C)cc1NS(=O)(=O)c1cccc(C(=O)N2CCOCC2)c1. The van der Waals surface area contributed by atoms with Crippen LogP contribution in [0, 0.1) is 6.92 Å². The Labute approximate surface area is 158 Å². The molecular weight excluding hydrogens is 368 g/mol. The highest BCUT2D eigenvalue weighted by molar-refractivity contribution is 7.92. The van der Waals surface area contributed by atoms with Gasteiger partial charge in [0.15, 0.2) is 0 Å². The third-order valence-electron chi connectivity index (χ3n) is 4.29. The van der Waals surface area contributed by atoms with Gasteiger partial charge in [0.25, 0.3) is 15.9 Å². The van der Waals surface area contributed by atoms with E-state index >= 15 is 0 Å². The number of hydrogen-bond acceptors (Lipinski definition) is 5. The Morgan fingerprint density at radius 3 is 2.59 bits per heavy atom. The van der Waals surface area contributed by atoms with Crippen molar-refractivity contribution >= 4 is 21.6 Å². The number of carbonyl (C=O) groups is 1. The van der Waals surface area contributed by atoms with Gasteiger partial charge < -0.3 is 14.4 Å². The van der Waals surface area contributed by atoms with Gasteiger partial charge in [0.1, 0.15) is 5.75 Å². The molecule has 1 saturated heterocycles. The monoisotopic (exact) mass is 390 g/mol. The molecule has 0 aliphatic carbocycles. The van der Waals surface area contributed by atoms with Crippen LogP contribution in [0.5, 0.6) is 5.75 Å². The molecule has 0 saturated carbocycles. The molecule has 0 radical (unpaired) electrons. The van der Waals surface area contributed by atoms with E-state index in [0.717, 1.165) is 5.56 Å². The minimum absolute atomic E-state index is 0.0187. The zero-order valence-electron chi connectivity index (χ0n) is 15.3. The first-order valence-electron chi connectivity index (χ1n) is 8.55. The molecule has 0 aromatic heterocycles. The lowest BCUT2D eigenvalue weighted by Gasteiger charge is -2.27. The molecular formula is C19H22N2O5S. The van der Waals surface area contributed by atoms with Gasteiger partial charge in [0, 0.05) is 18.7 Å². The minimum Gasteiger partial charge on any atom is -0.495 e. The average Bonchev–Trinajstić information content (AvgIpc) is 2.68. The van der Waals surface area contributed by atoms with Crippen LogP contribution in [0.1, 0.15) is 15.9 Å². The van der Waals surface area contributed by atoms with Crippen LogP contribution >= 0.6 is 0 Å². The second kappa shape index (κ2) is 7.98. The van der Waals surface area contributed by atoms with Crippen LogP contribution < -0.4 is 9.46 Å². The van der Waals surface area contributed by atoms with Gasteiger partial charge in [0.2, 0.25) is 0 Å². The van der Waals surface area contributed by atoms with Crippen molar-refractivity contribution in [3.63, 3.8) is 0 Å². The van der Waals surface area contributed by atoms with E-state index < -0.39 is 10.0 Å². The number of benzene rings is 2. The van der Waals surface area contributed by atoms with E-state index in [-0.39, 0.29) is 10.8 Å². The van der Waals surface area contributed by atoms with Crippen LogP contribution in [0.25, 0.3) is 0 Å². The molecule has 1 amide bonds. The van der Waals surface area contributed by atoms with Crippen molar-refractivity contribution < 1.29 is 22.7 Å². The van der Waals surface area contributed by atoms with Gasteiger partial charge in [0.05, 0.1) is 30.9 Å². The van der Waals surface area contributed by atoms with E-state index in [2.05, 4.69) is 4.72 Å². The summed E-state index contributed by atoms with van der Waals surface area (Å²) in [6.45, 7) is 3.82. The number of nitrogens with zero attached hydrogens (tertiary/aromatic N) is 1. The minimum atomic E-state index is -3.87. The van der Waals surface area contributed by atoms with Crippen LogP contribution in [-0.4, -0.2) is 52.6 Å². The second-order valence-electron chi connectivity index (χ2n) is 6.24. The van der Waals surface area contributed by atoms with E-state index in [4.69, 9.17) is 9.47 Å². The molecule has 1 heterocycles. The highest BCUT2D eigenvalue weighted by atomic mass is 32.2. The van der Waals surface area contributed by atoms with Gasteiger partial charge in [-0.25, -0.2) is 8.42 Å². The summed E-state index contributed by atoms with van der Waals surface area (Å²) >= 11 is 0. The van der Waals surface area contributed by atoms with E-state index in [9.17, 15) is 13.2 Å². The van der Waals surface area contributed by atoms with Crippen LogP contribution in [0.4, 0.5) is 5.69 Å². The highest BCUT2D eigenvalue weighted by Gasteiger charge is 2.22. The Morgan fingerprint density at radius 2 is 1.89 bits per heavy atom. The number of morpholine rings is 1. The number of nitrogens with one attached hydrogen (secondary N) is 1. The summed E-state index contributed by atoms with van der Waals surface area (Å²) in [5.74, 6) is 0.216. The van der Waals surface area contributed by atoms with Crippen LogP contribution in [-0.2, 0) is 14.8 Å². The molecule has 2 aromatic rings. The number of methoxy groups -OCH3 is 1. The third kappa shape index (κ3) is 4.40. The zero-order chi connectivity index (χ0) is 19.4. The average molecular weight is 390 g/mol. The Kier molecular flexibility index (Phi) is 5.67. The number of carbonyl (C=O) groups excluding carboxylic acids is 1. The van der Waals surface area contributed by atoms with E-state index in [1.54, 1.807) is 29.2 Å². The molecule has 0 bridgehead atoms. The summed E-state index contributed by atoms with van der Waals surface area (Å²) in [5.41, 5.74) is 1.57. The first kappa shape index (κ1) is 19.2. The van der Waals surface area contributed by atoms with Crippen LogP contribution in [0.3, 0.4) is 0 Å². The maximum absolute atomic E-state index is 12.8.